The first-order valence-corrected chi connectivity index (χ1v) is 11.9. The Hall–Kier alpha value is -0.0631. The van der Waals surface area contributed by atoms with Crippen LogP contribution >= 0.6 is 11.6 Å². The number of hydrogen-bond donors (Lipinski definition) is 0. The average Bonchev–Trinajstić information content (AvgIpc) is 2.36. The lowest BCUT2D eigenvalue weighted by Gasteiger charge is -2.47. The summed E-state index contributed by atoms with van der Waals surface area (Å²) >= 11 is 6.63. The van der Waals surface area contributed by atoms with Crippen LogP contribution in [0.15, 0.2) is 0 Å². The molecule has 0 saturated heterocycles. The zero-order chi connectivity index (χ0) is 18.2. The minimum atomic E-state index is -1.84. The van der Waals surface area contributed by atoms with Gasteiger partial charge in [-0.05, 0) is 56.7 Å². The summed E-state index contributed by atoms with van der Waals surface area (Å²) in [6, 6.07) is 0. The zero-order valence-electron chi connectivity index (χ0n) is 16.3. The van der Waals surface area contributed by atoms with Crippen LogP contribution in [0.3, 0.4) is 0 Å². The van der Waals surface area contributed by atoms with Crippen LogP contribution in [-0.4, -0.2) is 32.4 Å². The lowest BCUT2D eigenvalue weighted by Crippen LogP contribution is -2.51. The molecule has 4 atom stereocenters. The Balaban J connectivity index is 3.01. The molecular weight excluding hydrogens is 328 g/mol. The van der Waals surface area contributed by atoms with Crippen molar-refractivity contribution in [1.29, 1.82) is 0 Å². The van der Waals surface area contributed by atoms with Gasteiger partial charge in [0.05, 0.1) is 13.0 Å². The summed E-state index contributed by atoms with van der Waals surface area (Å²) in [5, 5.41) is 0.178. The van der Waals surface area contributed by atoms with Crippen LogP contribution in [0.5, 0.6) is 0 Å². The fourth-order valence-corrected chi connectivity index (χ4v) is 4.93. The van der Waals surface area contributed by atoms with Crippen molar-refractivity contribution in [3.05, 3.63) is 0 Å². The van der Waals surface area contributed by atoms with Gasteiger partial charge < -0.3 is 9.16 Å². The van der Waals surface area contributed by atoms with Gasteiger partial charge in [-0.15, -0.1) is 11.6 Å². The number of carbonyl (C=O) groups excluding carboxylic acids is 1. The highest BCUT2D eigenvalue weighted by molar-refractivity contribution is 6.74. The molecule has 0 bridgehead atoms. The quantitative estimate of drug-likeness (QED) is 0.390. The lowest BCUT2D eigenvalue weighted by molar-refractivity contribution is -0.151. The van der Waals surface area contributed by atoms with Gasteiger partial charge in [0.25, 0.3) is 0 Å². The highest BCUT2D eigenvalue weighted by atomic mass is 35.5. The van der Waals surface area contributed by atoms with Crippen molar-refractivity contribution in [2.75, 3.05) is 7.11 Å². The van der Waals surface area contributed by atoms with E-state index in [2.05, 4.69) is 40.8 Å². The Labute approximate surface area is 148 Å². The van der Waals surface area contributed by atoms with Crippen LogP contribution in [-0.2, 0) is 14.0 Å². The Bertz CT molecular complexity index is 423. The summed E-state index contributed by atoms with van der Waals surface area (Å²) in [5.41, 5.74) is 0. The van der Waals surface area contributed by atoms with Crippen molar-refractivity contribution < 1.29 is 14.0 Å². The van der Waals surface area contributed by atoms with E-state index in [0.717, 1.165) is 12.8 Å². The fraction of sp³-hybridized carbons (Fsp3) is 0.944. The van der Waals surface area contributed by atoms with Crippen LogP contribution in [0.1, 0.15) is 54.4 Å². The molecule has 1 fully saturated rings. The zero-order valence-corrected chi connectivity index (χ0v) is 18.1. The Morgan fingerprint density at radius 3 is 2.04 bits per heavy atom. The highest BCUT2D eigenvalue weighted by Gasteiger charge is 2.48. The van der Waals surface area contributed by atoms with E-state index in [1.54, 1.807) is 0 Å². The first-order valence-electron chi connectivity index (χ1n) is 8.65. The van der Waals surface area contributed by atoms with Gasteiger partial charge in [-0.3, -0.25) is 4.79 Å². The molecule has 1 rings (SSSR count). The number of methoxy groups -OCH3 is 1. The number of ether oxygens (including phenoxy) is 1. The smallest absolute Gasteiger partial charge is 0.309 e. The summed E-state index contributed by atoms with van der Waals surface area (Å²) < 4.78 is 11.7. The van der Waals surface area contributed by atoms with Crippen LogP contribution in [0, 0.1) is 17.8 Å². The van der Waals surface area contributed by atoms with E-state index in [1.807, 2.05) is 13.8 Å². The van der Waals surface area contributed by atoms with Gasteiger partial charge in [0.2, 0.25) is 0 Å². The van der Waals surface area contributed by atoms with Gasteiger partial charge in [0.1, 0.15) is 0 Å². The molecule has 0 radical (unpaired) electrons. The Morgan fingerprint density at radius 1 is 1.13 bits per heavy atom. The highest BCUT2D eigenvalue weighted by Crippen LogP contribution is 2.46. The SMILES string of the molecule is COC(=O)[C@@H]1C[C@@H](C)[C@H](O[Si](C)(C)C(C)(C)C)C[C@H]1C(C)(C)Cl. The third-order valence-electron chi connectivity index (χ3n) is 5.87. The summed E-state index contributed by atoms with van der Waals surface area (Å²) in [4.78, 5) is 11.8. The largest absolute Gasteiger partial charge is 0.469 e. The minimum Gasteiger partial charge on any atom is -0.469 e. The molecule has 0 aliphatic heterocycles. The molecule has 1 aliphatic rings. The molecule has 5 heteroatoms. The van der Waals surface area contributed by atoms with Crippen molar-refractivity contribution in [3.8, 4) is 0 Å². The molecule has 0 N–H and O–H groups in total. The van der Waals surface area contributed by atoms with E-state index < -0.39 is 13.2 Å². The third kappa shape index (κ3) is 4.96. The van der Waals surface area contributed by atoms with Gasteiger partial charge in [-0.1, -0.05) is 27.7 Å². The van der Waals surface area contributed by atoms with Gasteiger partial charge in [0, 0.05) is 11.0 Å². The van der Waals surface area contributed by atoms with E-state index in [1.165, 1.54) is 7.11 Å². The second kappa shape index (κ2) is 7.05. The molecule has 0 aromatic carbocycles. The number of carbonyl (C=O) groups is 1. The standard InChI is InChI=1S/C18H35ClO3Si/c1-12-10-13(16(20)21-7)14(18(5,6)19)11-15(12)22-23(8,9)17(2,3)4/h12-15H,10-11H2,1-9H3/t12-,13-,14-,15-/m1/s1. The molecule has 0 spiro atoms. The Morgan fingerprint density at radius 2 is 1.65 bits per heavy atom. The second-order valence-electron chi connectivity index (χ2n) is 9.17. The van der Waals surface area contributed by atoms with E-state index in [9.17, 15) is 4.79 Å². The molecule has 0 unspecified atom stereocenters. The molecule has 136 valence electrons. The van der Waals surface area contributed by atoms with E-state index in [-0.39, 0.29) is 28.9 Å². The predicted molar refractivity (Wildman–Crippen MR) is 99.4 cm³/mol. The summed E-state index contributed by atoms with van der Waals surface area (Å²) in [7, 11) is -0.378. The maximum atomic E-state index is 12.2. The number of esters is 1. The number of halogens is 1. The molecule has 0 heterocycles. The first kappa shape index (κ1) is 21.0. The van der Waals surface area contributed by atoms with Crippen molar-refractivity contribution in [2.45, 2.75) is 83.5 Å². The van der Waals surface area contributed by atoms with E-state index in [4.69, 9.17) is 20.8 Å². The number of alkyl halides is 1. The molecule has 3 nitrogen and oxygen atoms in total. The number of rotatable bonds is 4. The molecule has 1 aliphatic carbocycles. The summed E-state index contributed by atoms with van der Waals surface area (Å²) in [6.45, 7) is 17.5. The second-order valence-corrected chi connectivity index (χ2v) is 14.9. The lowest BCUT2D eigenvalue weighted by atomic mass is 9.68. The summed E-state index contributed by atoms with van der Waals surface area (Å²) in [5.74, 6) is 0.134. The average molecular weight is 363 g/mol. The minimum absolute atomic E-state index is 0.0718. The van der Waals surface area contributed by atoms with Gasteiger partial charge >= 0.3 is 5.97 Å². The summed E-state index contributed by atoms with van der Waals surface area (Å²) in [6.07, 6.45) is 1.77. The maximum absolute atomic E-state index is 12.2. The molecule has 0 aromatic rings. The molecule has 1 saturated carbocycles. The molecule has 0 aromatic heterocycles. The first-order chi connectivity index (χ1) is 10.2. The van der Waals surface area contributed by atoms with E-state index >= 15 is 0 Å². The van der Waals surface area contributed by atoms with Crippen LogP contribution in [0.4, 0.5) is 0 Å². The van der Waals surface area contributed by atoms with Gasteiger partial charge in [-0.2, -0.15) is 0 Å². The maximum Gasteiger partial charge on any atom is 0.309 e. The van der Waals surface area contributed by atoms with Gasteiger partial charge in [-0.25, -0.2) is 0 Å². The van der Waals surface area contributed by atoms with Crippen molar-refractivity contribution >= 4 is 25.9 Å². The monoisotopic (exact) mass is 362 g/mol. The Kier molecular flexibility index (Phi) is 6.43. The van der Waals surface area contributed by atoms with E-state index in [0.29, 0.717) is 5.92 Å². The topological polar surface area (TPSA) is 35.5 Å². The normalized spacial score (nSPS) is 30.2. The van der Waals surface area contributed by atoms with Crippen molar-refractivity contribution in [2.24, 2.45) is 17.8 Å². The molecular formula is C18H35ClO3Si. The van der Waals surface area contributed by atoms with Crippen molar-refractivity contribution in [1.82, 2.24) is 0 Å². The van der Waals surface area contributed by atoms with Crippen LogP contribution in [0.25, 0.3) is 0 Å². The van der Waals surface area contributed by atoms with Crippen LogP contribution in [0.2, 0.25) is 18.1 Å². The third-order valence-corrected chi connectivity index (χ3v) is 10.7. The number of hydrogen-bond acceptors (Lipinski definition) is 3. The van der Waals surface area contributed by atoms with Gasteiger partial charge in [0.15, 0.2) is 8.32 Å². The van der Waals surface area contributed by atoms with Crippen LogP contribution < -0.4 is 0 Å². The molecule has 23 heavy (non-hydrogen) atoms. The fourth-order valence-electron chi connectivity index (χ4n) is 3.25. The van der Waals surface area contributed by atoms with Crippen molar-refractivity contribution in [3.63, 3.8) is 0 Å². The molecule has 0 amide bonds. The predicted octanol–water partition coefficient (Wildman–Crippen LogP) is 5.23.